The number of unbranched alkanes of at least 4 members (excludes halogenated alkanes) is 1. The highest BCUT2D eigenvalue weighted by Gasteiger charge is 2.14. The third-order valence-corrected chi connectivity index (χ3v) is 3.46. The molecule has 0 atom stereocenters. The molecule has 0 heterocycles. The van der Waals surface area contributed by atoms with Gasteiger partial charge in [0.05, 0.1) is 11.5 Å². The van der Waals surface area contributed by atoms with Crippen LogP contribution in [0.1, 0.15) is 12.8 Å². The van der Waals surface area contributed by atoms with Gasteiger partial charge in [-0.3, -0.25) is 4.18 Å². The van der Waals surface area contributed by atoms with Gasteiger partial charge in [0.25, 0.3) is 10.1 Å². The molecule has 0 aliphatic carbocycles. The smallest absolute Gasteiger partial charge is 0.266 e. The fraction of sp³-hybridized carbons (Fsp3) is 0.400. The SMILES string of the molecule is O=S(=O)(OCCCCCl)c1ccc(F)cc1. The second-order valence-corrected chi connectivity index (χ2v) is 5.12. The second-order valence-electron chi connectivity index (χ2n) is 3.13. The van der Waals surface area contributed by atoms with Crippen molar-refractivity contribution < 1.29 is 17.0 Å². The minimum atomic E-state index is -3.77. The zero-order valence-electron chi connectivity index (χ0n) is 8.53. The molecule has 0 unspecified atom stereocenters. The first-order chi connectivity index (χ1) is 7.56. The van der Waals surface area contributed by atoms with E-state index in [-0.39, 0.29) is 11.5 Å². The lowest BCUT2D eigenvalue weighted by Crippen LogP contribution is -2.07. The average molecular weight is 267 g/mol. The van der Waals surface area contributed by atoms with Crippen LogP contribution in [0.4, 0.5) is 4.39 Å². The van der Waals surface area contributed by atoms with Crippen molar-refractivity contribution in [1.82, 2.24) is 0 Å². The summed E-state index contributed by atoms with van der Waals surface area (Å²) in [4.78, 5) is -0.0419. The van der Waals surface area contributed by atoms with E-state index in [4.69, 9.17) is 15.8 Å². The third kappa shape index (κ3) is 4.08. The summed E-state index contributed by atoms with van der Waals surface area (Å²) in [5.41, 5.74) is 0. The van der Waals surface area contributed by atoms with E-state index in [0.29, 0.717) is 18.7 Å². The Morgan fingerprint density at radius 2 is 1.81 bits per heavy atom. The molecule has 0 N–H and O–H groups in total. The van der Waals surface area contributed by atoms with Gasteiger partial charge in [0.15, 0.2) is 0 Å². The summed E-state index contributed by atoms with van der Waals surface area (Å²) in [6.07, 6.45) is 1.27. The lowest BCUT2D eigenvalue weighted by molar-refractivity contribution is 0.311. The van der Waals surface area contributed by atoms with Crippen molar-refractivity contribution in [3.8, 4) is 0 Å². The highest BCUT2D eigenvalue weighted by Crippen LogP contribution is 2.13. The number of rotatable bonds is 6. The molecule has 0 aliphatic rings. The van der Waals surface area contributed by atoms with Crippen molar-refractivity contribution in [1.29, 1.82) is 0 Å². The molecule has 3 nitrogen and oxygen atoms in total. The van der Waals surface area contributed by atoms with Crippen LogP contribution in [0.2, 0.25) is 0 Å². The molecule has 1 rings (SSSR count). The maximum Gasteiger partial charge on any atom is 0.296 e. The molecule has 1 aromatic carbocycles. The summed E-state index contributed by atoms with van der Waals surface area (Å²) in [7, 11) is -3.77. The summed E-state index contributed by atoms with van der Waals surface area (Å²) >= 11 is 5.44. The highest BCUT2D eigenvalue weighted by atomic mass is 35.5. The zero-order chi connectivity index (χ0) is 12.0. The number of hydrogen-bond acceptors (Lipinski definition) is 3. The first-order valence-electron chi connectivity index (χ1n) is 4.77. The van der Waals surface area contributed by atoms with Crippen LogP contribution >= 0.6 is 11.6 Å². The molecule has 16 heavy (non-hydrogen) atoms. The van der Waals surface area contributed by atoms with Crippen LogP contribution in [-0.2, 0) is 14.3 Å². The average Bonchev–Trinajstić information content (AvgIpc) is 2.25. The Morgan fingerprint density at radius 1 is 1.19 bits per heavy atom. The van der Waals surface area contributed by atoms with Crippen molar-refractivity contribution in [2.24, 2.45) is 0 Å². The molecule has 0 aromatic heterocycles. The minimum Gasteiger partial charge on any atom is -0.266 e. The van der Waals surface area contributed by atoms with Crippen LogP contribution in [0, 0.1) is 5.82 Å². The van der Waals surface area contributed by atoms with E-state index in [1.807, 2.05) is 0 Å². The quantitative estimate of drug-likeness (QED) is 0.451. The Hall–Kier alpha value is -0.650. The van der Waals surface area contributed by atoms with E-state index in [1.165, 1.54) is 12.1 Å². The van der Waals surface area contributed by atoms with Gasteiger partial charge in [-0.1, -0.05) is 0 Å². The number of benzene rings is 1. The van der Waals surface area contributed by atoms with E-state index in [2.05, 4.69) is 0 Å². The molecule has 0 bridgehead atoms. The van der Waals surface area contributed by atoms with Gasteiger partial charge in [0.1, 0.15) is 5.82 Å². The monoisotopic (exact) mass is 266 g/mol. The Morgan fingerprint density at radius 3 is 2.38 bits per heavy atom. The van der Waals surface area contributed by atoms with Gasteiger partial charge < -0.3 is 0 Å². The van der Waals surface area contributed by atoms with Gasteiger partial charge in [0, 0.05) is 5.88 Å². The summed E-state index contributed by atoms with van der Waals surface area (Å²) in [5, 5.41) is 0. The molecular weight excluding hydrogens is 255 g/mol. The Labute approximate surface area is 99.3 Å². The lowest BCUT2D eigenvalue weighted by atomic mass is 10.4. The zero-order valence-corrected chi connectivity index (χ0v) is 10.1. The summed E-state index contributed by atoms with van der Waals surface area (Å²) in [6.45, 7) is 0.0897. The van der Waals surface area contributed by atoms with Gasteiger partial charge in [-0.05, 0) is 37.1 Å². The predicted molar refractivity (Wildman–Crippen MR) is 59.5 cm³/mol. The van der Waals surface area contributed by atoms with Crippen LogP contribution in [-0.4, -0.2) is 20.9 Å². The summed E-state index contributed by atoms with van der Waals surface area (Å²) < 4.78 is 40.4. The first kappa shape index (κ1) is 13.4. The fourth-order valence-electron chi connectivity index (χ4n) is 1.03. The number of halogens is 2. The highest BCUT2D eigenvalue weighted by molar-refractivity contribution is 7.86. The van der Waals surface area contributed by atoms with E-state index in [1.54, 1.807) is 0 Å². The third-order valence-electron chi connectivity index (χ3n) is 1.87. The van der Waals surface area contributed by atoms with Gasteiger partial charge in [0.2, 0.25) is 0 Å². The van der Waals surface area contributed by atoms with Crippen LogP contribution in [0.25, 0.3) is 0 Å². The molecule has 0 fully saturated rings. The molecule has 0 amide bonds. The van der Waals surface area contributed by atoms with Crippen molar-refractivity contribution in [3.63, 3.8) is 0 Å². The lowest BCUT2D eigenvalue weighted by Gasteiger charge is -2.04. The van der Waals surface area contributed by atoms with Crippen LogP contribution in [0.15, 0.2) is 29.2 Å². The molecule has 0 saturated heterocycles. The van der Waals surface area contributed by atoms with Crippen molar-refractivity contribution in [3.05, 3.63) is 30.1 Å². The molecular formula is C10H12ClFO3S. The Kier molecular flexibility index (Phi) is 5.18. The minimum absolute atomic E-state index is 0.0419. The maximum atomic E-state index is 12.6. The molecule has 0 aliphatic heterocycles. The van der Waals surface area contributed by atoms with Crippen molar-refractivity contribution in [2.75, 3.05) is 12.5 Å². The largest absolute Gasteiger partial charge is 0.296 e. The van der Waals surface area contributed by atoms with Gasteiger partial charge >= 0.3 is 0 Å². The molecule has 6 heteroatoms. The maximum absolute atomic E-state index is 12.6. The normalized spacial score (nSPS) is 11.6. The van der Waals surface area contributed by atoms with E-state index in [9.17, 15) is 12.8 Å². The number of hydrogen-bond donors (Lipinski definition) is 0. The van der Waals surface area contributed by atoms with Crippen LogP contribution < -0.4 is 0 Å². The predicted octanol–water partition coefficient (Wildman–Crippen LogP) is 2.55. The van der Waals surface area contributed by atoms with Gasteiger partial charge in [-0.15, -0.1) is 11.6 Å². The van der Waals surface area contributed by atoms with E-state index in [0.717, 1.165) is 12.1 Å². The van der Waals surface area contributed by atoms with Crippen LogP contribution in [0.3, 0.4) is 0 Å². The fourth-order valence-corrected chi connectivity index (χ4v) is 2.17. The Bertz CT molecular complexity index is 416. The first-order valence-corrected chi connectivity index (χ1v) is 6.71. The van der Waals surface area contributed by atoms with Crippen LogP contribution in [0.5, 0.6) is 0 Å². The summed E-state index contributed by atoms with van der Waals surface area (Å²) in [6, 6.07) is 4.50. The standard InChI is InChI=1S/C10H12ClFO3S/c11-7-1-2-8-15-16(13,14)10-5-3-9(12)4-6-10/h3-6H,1-2,7-8H2. The number of alkyl halides is 1. The molecule has 90 valence electrons. The second kappa shape index (κ2) is 6.18. The summed E-state index contributed by atoms with van der Waals surface area (Å²) in [5.74, 6) is -0.0129. The molecule has 0 radical (unpaired) electrons. The van der Waals surface area contributed by atoms with Gasteiger partial charge in [-0.2, -0.15) is 8.42 Å². The molecule has 0 spiro atoms. The van der Waals surface area contributed by atoms with E-state index >= 15 is 0 Å². The molecule has 1 aromatic rings. The van der Waals surface area contributed by atoms with Crippen molar-refractivity contribution >= 4 is 21.7 Å². The van der Waals surface area contributed by atoms with Gasteiger partial charge in [-0.25, -0.2) is 4.39 Å². The van der Waals surface area contributed by atoms with Crippen molar-refractivity contribution in [2.45, 2.75) is 17.7 Å². The molecule has 0 saturated carbocycles. The Balaban J connectivity index is 2.60. The van der Waals surface area contributed by atoms with E-state index < -0.39 is 15.9 Å². The topological polar surface area (TPSA) is 43.4 Å².